The first-order chi connectivity index (χ1) is 9.47. The van der Waals surface area contributed by atoms with Gasteiger partial charge in [-0.05, 0) is 31.0 Å². The summed E-state index contributed by atoms with van der Waals surface area (Å²) in [5.41, 5.74) is 1.03. The maximum absolute atomic E-state index is 12.0. The fraction of sp³-hybridized carbons (Fsp3) is 0.533. The summed E-state index contributed by atoms with van der Waals surface area (Å²) in [7, 11) is 3.29. The Balaban J connectivity index is 2.68. The molecular weight excluding hydrogens is 256 g/mol. The van der Waals surface area contributed by atoms with Gasteiger partial charge in [-0.15, -0.1) is 0 Å². The maximum atomic E-state index is 12.0. The van der Waals surface area contributed by atoms with Crippen LogP contribution in [0.25, 0.3) is 0 Å². The third kappa shape index (κ3) is 4.74. The molecule has 0 radical (unpaired) electrons. The Bertz CT molecular complexity index is 418. The number of aliphatic hydroxyl groups excluding tert-OH is 1. The fourth-order valence-electron chi connectivity index (χ4n) is 2.00. The lowest BCUT2D eigenvalue weighted by molar-refractivity contribution is 0.142. The summed E-state index contributed by atoms with van der Waals surface area (Å²) in [6, 6.07) is 7.41. The molecule has 5 heteroatoms. The number of rotatable bonds is 6. The smallest absolute Gasteiger partial charge is 0.317 e. The van der Waals surface area contributed by atoms with Crippen molar-refractivity contribution >= 4 is 6.03 Å². The van der Waals surface area contributed by atoms with Crippen molar-refractivity contribution in [2.24, 2.45) is 0 Å². The van der Waals surface area contributed by atoms with Gasteiger partial charge in [-0.1, -0.05) is 19.1 Å². The van der Waals surface area contributed by atoms with Gasteiger partial charge >= 0.3 is 6.03 Å². The van der Waals surface area contributed by atoms with Crippen molar-refractivity contribution < 1.29 is 14.6 Å². The zero-order valence-electron chi connectivity index (χ0n) is 12.6. The van der Waals surface area contributed by atoms with Gasteiger partial charge < -0.3 is 20.1 Å². The number of aliphatic hydroxyl groups is 1. The molecule has 0 heterocycles. The largest absolute Gasteiger partial charge is 0.497 e. The molecule has 2 N–H and O–H groups in total. The third-order valence-corrected chi connectivity index (χ3v) is 3.11. The van der Waals surface area contributed by atoms with Gasteiger partial charge in [-0.2, -0.15) is 0 Å². The van der Waals surface area contributed by atoms with Crippen molar-refractivity contribution in [2.75, 3.05) is 20.7 Å². The molecule has 2 atom stereocenters. The van der Waals surface area contributed by atoms with Crippen LogP contribution >= 0.6 is 0 Å². The molecule has 0 bridgehead atoms. The Morgan fingerprint density at radius 1 is 1.40 bits per heavy atom. The van der Waals surface area contributed by atoms with Crippen LogP contribution in [-0.4, -0.2) is 42.8 Å². The molecule has 2 unspecified atom stereocenters. The highest BCUT2D eigenvalue weighted by molar-refractivity contribution is 5.74. The minimum absolute atomic E-state index is 0.0511. The van der Waals surface area contributed by atoms with E-state index >= 15 is 0 Å². The normalized spacial score (nSPS) is 13.4. The van der Waals surface area contributed by atoms with Crippen LogP contribution in [0, 0.1) is 0 Å². The number of hydrogen-bond acceptors (Lipinski definition) is 3. The second kappa shape index (κ2) is 7.75. The Labute approximate surface area is 120 Å². The van der Waals surface area contributed by atoms with Crippen LogP contribution < -0.4 is 10.1 Å². The molecule has 1 aromatic carbocycles. The molecule has 0 aromatic heterocycles. The van der Waals surface area contributed by atoms with Crippen LogP contribution in [0.4, 0.5) is 4.79 Å². The molecule has 2 amide bonds. The minimum Gasteiger partial charge on any atom is -0.497 e. The number of ether oxygens (including phenoxy) is 1. The van der Waals surface area contributed by atoms with Crippen LogP contribution in [0.1, 0.15) is 31.9 Å². The van der Waals surface area contributed by atoms with Crippen LogP contribution in [0.3, 0.4) is 0 Å². The van der Waals surface area contributed by atoms with E-state index in [1.807, 2.05) is 31.2 Å². The number of carbonyl (C=O) groups is 1. The average molecular weight is 280 g/mol. The summed E-state index contributed by atoms with van der Waals surface area (Å²) in [4.78, 5) is 13.5. The molecule has 5 nitrogen and oxygen atoms in total. The topological polar surface area (TPSA) is 61.8 Å². The van der Waals surface area contributed by atoms with Crippen LogP contribution in [0.5, 0.6) is 5.75 Å². The van der Waals surface area contributed by atoms with Gasteiger partial charge in [0.25, 0.3) is 0 Å². The predicted octanol–water partition coefficient (Wildman–Crippen LogP) is 2.17. The Morgan fingerprint density at radius 2 is 2.00 bits per heavy atom. The van der Waals surface area contributed by atoms with Crippen LogP contribution in [-0.2, 0) is 0 Å². The molecule has 0 aliphatic heterocycles. The standard InChI is InChI=1S/C15H24N2O3/c1-5-14(12-6-8-13(20-4)9-7-12)16-15(19)17(3)10-11(2)18/h6-9,11,14,18H,5,10H2,1-4H3,(H,16,19). The van der Waals surface area contributed by atoms with Gasteiger partial charge in [0.15, 0.2) is 0 Å². The molecule has 0 saturated heterocycles. The molecule has 20 heavy (non-hydrogen) atoms. The van der Waals surface area contributed by atoms with E-state index < -0.39 is 6.10 Å². The number of urea groups is 1. The van der Waals surface area contributed by atoms with Crippen molar-refractivity contribution in [3.63, 3.8) is 0 Å². The lowest BCUT2D eigenvalue weighted by Crippen LogP contribution is -2.42. The molecule has 1 rings (SSSR count). The van der Waals surface area contributed by atoms with Gasteiger partial charge in [-0.3, -0.25) is 0 Å². The molecule has 112 valence electrons. The molecule has 0 aliphatic carbocycles. The van der Waals surface area contributed by atoms with E-state index in [1.165, 1.54) is 4.90 Å². The van der Waals surface area contributed by atoms with E-state index in [0.29, 0.717) is 6.54 Å². The number of likely N-dealkylation sites (N-methyl/N-ethyl adjacent to an activating group) is 1. The Hall–Kier alpha value is -1.75. The lowest BCUT2D eigenvalue weighted by atomic mass is 10.0. The Morgan fingerprint density at radius 3 is 2.45 bits per heavy atom. The van der Waals surface area contributed by atoms with E-state index in [-0.39, 0.29) is 12.1 Å². The first kappa shape index (κ1) is 16.3. The first-order valence-corrected chi connectivity index (χ1v) is 6.81. The SMILES string of the molecule is CCC(NC(=O)N(C)CC(C)O)c1ccc(OC)cc1. The highest BCUT2D eigenvalue weighted by Gasteiger charge is 2.16. The summed E-state index contributed by atoms with van der Waals surface area (Å²) < 4.78 is 5.12. The molecule has 0 fully saturated rings. The summed E-state index contributed by atoms with van der Waals surface area (Å²) in [5.74, 6) is 0.793. The number of benzene rings is 1. The maximum Gasteiger partial charge on any atom is 0.317 e. The van der Waals surface area contributed by atoms with Crippen molar-refractivity contribution in [1.82, 2.24) is 10.2 Å². The highest BCUT2D eigenvalue weighted by atomic mass is 16.5. The average Bonchev–Trinajstić information content (AvgIpc) is 2.43. The zero-order valence-corrected chi connectivity index (χ0v) is 12.6. The van der Waals surface area contributed by atoms with Gasteiger partial charge in [-0.25, -0.2) is 4.79 Å². The zero-order chi connectivity index (χ0) is 15.1. The molecule has 0 aliphatic rings. The molecule has 1 aromatic rings. The van der Waals surface area contributed by atoms with Gasteiger partial charge in [0.05, 0.1) is 19.3 Å². The van der Waals surface area contributed by atoms with Crippen molar-refractivity contribution in [2.45, 2.75) is 32.4 Å². The highest BCUT2D eigenvalue weighted by Crippen LogP contribution is 2.20. The minimum atomic E-state index is -0.535. The van der Waals surface area contributed by atoms with E-state index in [9.17, 15) is 9.90 Å². The molecular formula is C15H24N2O3. The van der Waals surface area contributed by atoms with Gasteiger partial charge in [0, 0.05) is 13.6 Å². The second-order valence-corrected chi connectivity index (χ2v) is 4.91. The summed E-state index contributed by atoms with van der Waals surface area (Å²) >= 11 is 0. The van der Waals surface area contributed by atoms with Crippen LogP contribution in [0.2, 0.25) is 0 Å². The van der Waals surface area contributed by atoms with Crippen LogP contribution in [0.15, 0.2) is 24.3 Å². The number of carbonyl (C=O) groups excluding carboxylic acids is 1. The summed E-state index contributed by atoms with van der Waals surface area (Å²) in [6.07, 6.45) is 0.257. The van der Waals surface area contributed by atoms with Gasteiger partial charge in [0.1, 0.15) is 5.75 Å². The first-order valence-electron chi connectivity index (χ1n) is 6.81. The van der Waals surface area contributed by atoms with E-state index in [1.54, 1.807) is 21.1 Å². The van der Waals surface area contributed by atoms with Crippen molar-refractivity contribution in [3.05, 3.63) is 29.8 Å². The number of amides is 2. The lowest BCUT2D eigenvalue weighted by Gasteiger charge is -2.24. The fourth-order valence-corrected chi connectivity index (χ4v) is 2.00. The molecule has 0 saturated carbocycles. The number of hydrogen-bond donors (Lipinski definition) is 2. The van der Waals surface area contributed by atoms with E-state index in [4.69, 9.17) is 4.74 Å². The molecule has 0 spiro atoms. The van der Waals surface area contributed by atoms with Gasteiger partial charge in [0.2, 0.25) is 0 Å². The van der Waals surface area contributed by atoms with E-state index in [2.05, 4.69) is 5.32 Å². The number of methoxy groups -OCH3 is 1. The predicted molar refractivity (Wildman–Crippen MR) is 78.9 cm³/mol. The number of nitrogens with one attached hydrogen (secondary N) is 1. The summed E-state index contributed by atoms with van der Waals surface area (Å²) in [6.45, 7) is 3.99. The number of nitrogens with zero attached hydrogens (tertiary/aromatic N) is 1. The third-order valence-electron chi connectivity index (χ3n) is 3.11. The quantitative estimate of drug-likeness (QED) is 0.839. The van der Waals surface area contributed by atoms with Crippen molar-refractivity contribution in [3.8, 4) is 5.75 Å². The monoisotopic (exact) mass is 280 g/mol. The van der Waals surface area contributed by atoms with Crippen molar-refractivity contribution in [1.29, 1.82) is 0 Å². The summed E-state index contributed by atoms with van der Waals surface area (Å²) in [5, 5.41) is 12.3. The second-order valence-electron chi connectivity index (χ2n) is 4.91. The van der Waals surface area contributed by atoms with E-state index in [0.717, 1.165) is 17.7 Å². The Kier molecular flexibility index (Phi) is 6.31.